The van der Waals surface area contributed by atoms with Crippen LogP contribution >= 0.6 is 9.24 Å². The Hall–Kier alpha value is -3.91. The van der Waals surface area contributed by atoms with Crippen molar-refractivity contribution in [2.45, 2.75) is 26.3 Å². The van der Waals surface area contributed by atoms with E-state index in [1.54, 1.807) is 23.6 Å². The van der Waals surface area contributed by atoms with Gasteiger partial charge in [0.05, 0.1) is 23.9 Å². The SMILES string of the molecule is C/C=C1/C=CC=C(C)N1/N=C/[C@H]1c2nc[nH]c2CCN1C(=O)c1nnc(-c2ncccc2P)o1. The molecule has 11 heteroatoms. The standard InChI is InChI=1S/C23H23N8O2P/c1-3-15-7-4-6-14(2)31(15)27-12-17-19-16(25-13-26-19)9-11-30(17)23(32)22-29-28-21(33-22)20-18(34)8-5-10-24-20/h3-8,10,12-13,17H,9,11,34H2,1-2H3,(H,25,26)/b15-3-,27-12+/t17-/m0/s1. The van der Waals surface area contributed by atoms with Crippen LogP contribution in [0.4, 0.5) is 0 Å². The lowest BCUT2D eigenvalue weighted by molar-refractivity contribution is 0.0672. The molecular weight excluding hydrogens is 451 g/mol. The highest BCUT2D eigenvalue weighted by atomic mass is 31.0. The van der Waals surface area contributed by atoms with Crippen molar-refractivity contribution in [3.05, 3.63) is 77.6 Å². The summed E-state index contributed by atoms with van der Waals surface area (Å²) in [7, 11) is 2.57. The second-order valence-electron chi connectivity index (χ2n) is 7.77. The molecule has 1 N–H and O–H groups in total. The number of fused-ring (bicyclic) bond motifs is 1. The number of pyridine rings is 1. The Labute approximate surface area is 198 Å². The van der Waals surface area contributed by atoms with Gasteiger partial charge in [0.15, 0.2) is 0 Å². The Morgan fingerprint density at radius 2 is 2.24 bits per heavy atom. The molecule has 0 aromatic carbocycles. The summed E-state index contributed by atoms with van der Waals surface area (Å²) in [5, 5.41) is 15.4. The van der Waals surface area contributed by atoms with E-state index in [9.17, 15) is 4.79 Å². The molecule has 1 amide bonds. The van der Waals surface area contributed by atoms with Crippen LogP contribution in [0.5, 0.6) is 0 Å². The summed E-state index contributed by atoms with van der Waals surface area (Å²) >= 11 is 0. The molecule has 0 fully saturated rings. The predicted molar refractivity (Wildman–Crippen MR) is 130 cm³/mol. The first kappa shape index (κ1) is 21.9. The zero-order chi connectivity index (χ0) is 23.7. The van der Waals surface area contributed by atoms with Gasteiger partial charge >= 0.3 is 11.8 Å². The number of allylic oxidation sites excluding steroid dienone is 5. The second kappa shape index (κ2) is 9.15. The summed E-state index contributed by atoms with van der Waals surface area (Å²) in [4.78, 5) is 27.0. The maximum atomic E-state index is 13.5. The zero-order valence-corrected chi connectivity index (χ0v) is 19.9. The third-order valence-corrected chi connectivity index (χ3v) is 6.15. The number of aromatic amines is 1. The third kappa shape index (κ3) is 3.97. The number of carbonyl (C=O) groups is 1. The summed E-state index contributed by atoms with van der Waals surface area (Å²) in [6, 6.07) is 3.17. The lowest BCUT2D eigenvalue weighted by Gasteiger charge is -2.32. The Kier molecular flexibility index (Phi) is 5.90. The molecule has 0 aliphatic carbocycles. The fraction of sp³-hybridized carbons (Fsp3) is 0.217. The third-order valence-electron chi connectivity index (χ3n) is 5.68. The van der Waals surface area contributed by atoms with Crippen molar-refractivity contribution in [2.24, 2.45) is 5.10 Å². The molecule has 0 saturated heterocycles. The quantitative estimate of drug-likeness (QED) is 0.457. The number of rotatable bonds is 4. The van der Waals surface area contributed by atoms with E-state index >= 15 is 0 Å². The molecule has 5 rings (SSSR count). The molecule has 2 aliphatic rings. The minimum Gasteiger partial charge on any atom is -0.411 e. The number of imidazole rings is 1. The van der Waals surface area contributed by atoms with Gasteiger partial charge in [0.2, 0.25) is 0 Å². The summed E-state index contributed by atoms with van der Waals surface area (Å²) < 4.78 is 5.73. The first-order chi connectivity index (χ1) is 16.6. The van der Waals surface area contributed by atoms with Crippen molar-refractivity contribution in [3.8, 4) is 11.6 Å². The van der Waals surface area contributed by atoms with Gasteiger partial charge < -0.3 is 14.3 Å². The molecule has 172 valence electrons. The average Bonchev–Trinajstić information content (AvgIpc) is 3.53. The lowest BCUT2D eigenvalue weighted by Crippen LogP contribution is -2.41. The zero-order valence-electron chi connectivity index (χ0n) is 18.7. The normalized spacial score (nSPS) is 19.1. The topological polar surface area (TPSA) is 116 Å². The van der Waals surface area contributed by atoms with E-state index in [1.807, 2.05) is 55.3 Å². The number of H-pyrrole nitrogens is 1. The molecule has 2 atom stereocenters. The van der Waals surface area contributed by atoms with Crippen LogP contribution in [0.15, 0.2) is 69.9 Å². The molecule has 3 aromatic rings. The van der Waals surface area contributed by atoms with Crippen LogP contribution in [0.3, 0.4) is 0 Å². The molecule has 2 aliphatic heterocycles. The van der Waals surface area contributed by atoms with Gasteiger partial charge in [-0.1, -0.05) is 18.2 Å². The molecular formula is C23H23N8O2P. The van der Waals surface area contributed by atoms with E-state index in [2.05, 4.69) is 34.4 Å². The summed E-state index contributed by atoms with van der Waals surface area (Å²) in [5.74, 6) is -0.300. The molecule has 0 spiro atoms. The number of hydrogen-bond acceptors (Lipinski definition) is 8. The number of amides is 1. The highest BCUT2D eigenvalue weighted by molar-refractivity contribution is 7.27. The van der Waals surface area contributed by atoms with Crippen LogP contribution in [0.1, 0.15) is 42.0 Å². The average molecular weight is 474 g/mol. The van der Waals surface area contributed by atoms with Gasteiger partial charge in [0.1, 0.15) is 11.7 Å². The Bertz CT molecular complexity index is 1350. The van der Waals surface area contributed by atoms with Gasteiger partial charge in [-0.05, 0) is 32.1 Å². The van der Waals surface area contributed by atoms with Crippen molar-refractivity contribution in [3.63, 3.8) is 0 Å². The number of carbonyl (C=O) groups excluding carboxylic acids is 1. The monoisotopic (exact) mass is 474 g/mol. The van der Waals surface area contributed by atoms with Crippen LogP contribution in [0.2, 0.25) is 0 Å². The molecule has 10 nitrogen and oxygen atoms in total. The minimum atomic E-state index is -0.498. The molecule has 3 aromatic heterocycles. The Morgan fingerprint density at radius 1 is 1.35 bits per heavy atom. The molecule has 0 saturated carbocycles. The maximum Gasteiger partial charge on any atom is 0.312 e. The van der Waals surface area contributed by atoms with Crippen LogP contribution in [0, 0.1) is 0 Å². The second-order valence-corrected chi connectivity index (χ2v) is 8.39. The Morgan fingerprint density at radius 3 is 3.06 bits per heavy atom. The number of aromatic nitrogens is 5. The van der Waals surface area contributed by atoms with Gasteiger partial charge in [-0.3, -0.25) is 9.78 Å². The fourth-order valence-electron chi connectivity index (χ4n) is 3.95. The number of nitrogens with one attached hydrogen (secondary N) is 1. The first-order valence-corrected chi connectivity index (χ1v) is 11.4. The van der Waals surface area contributed by atoms with Gasteiger partial charge in [-0.2, -0.15) is 5.10 Å². The van der Waals surface area contributed by atoms with Crippen LogP contribution in [-0.4, -0.2) is 53.7 Å². The van der Waals surface area contributed by atoms with E-state index in [0.717, 1.165) is 28.1 Å². The van der Waals surface area contributed by atoms with Crippen LogP contribution in [-0.2, 0) is 6.42 Å². The largest absolute Gasteiger partial charge is 0.411 e. The van der Waals surface area contributed by atoms with E-state index < -0.39 is 6.04 Å². The van der Waals surface area contributed by atoms with Gasteiger partial charge in [-0.15, -0.1) is 19.4 Å². The summed E-state index contributed by atoms with van der Waals surface area (Å²) in [6.45, 7) is 4.39. The fourth-order valence-corrected chi connectivity index (χ4v) is 4.26. The molecule has 0 bridgehead atoms. The van der Waals surface area contributed by atoms with E-state index in [0.29, 0.717) is 18.7 Å². The minimum absolute atomic E-state index is 0.103. The highest BCUT2D eigenvalue weighted by Gasteiger charge is 2.35. The first-order valence-electron chi connectivity index (χ1n) is 10.8. The van der Waals surface area contributed by atoms with Crippen LogP contribution < -0.4 is 5.30 Å². The molecule has 34 heavy (non-hydrogen) atoms. The number of nitrogens with zero attached hydrogens (tertiary/aromatic N) is 7. The van der Waals surface area contributed by atoms with Crippen molar-refractivity contribution in [1.29, 1.82) is 0 Å². The Balaban J connectivity index is 1.46. The van der Waals surface area contributed by atoms with Gasteiger partial charge in [-0.25, -0.2) is 9.99 Å². The highest BCUT2D eigenvalue weighted by Crippen LogP contribution is 2.29. The molecule has 0 radical (unpaired) electrons. The van der Waals surface area contributed by atoms with Crippen molar-refractivity contribution < 1.29 is 9.21 Å². The molecule has 5 heterocycles. The van der Waals surface area contributed by atoms with Crippen molar-refractivity contribution >= 4 is 26.7 Å². The smallest absolute Gasteiger partial charge is 0.312 e. The maximum absolute atomic E-state index is 13.5. The summed E-state index contributed by atoms with van der Waals surface area (Å²) in [6.07, 6.45) is 13.5. The van der Waals surface area contributed by atoms with Crippen molar-refractivity contribution in [2.75, 3.05) is 6.54 Å². The van der Waals surface area contributed by atoms with Gasteiger partial charge in [0, 0.05) is 35.9 Å². The number of hydrazone groups is 1. The van der Waals surface area contributed by atoms with Crippen molar-refractivity contribution in [1.82, 2.24) is 35.1 Å². The van der Waals surface area contributed by atoms with E-state index in [1.165, 1.54) is 0 Å². The molecule has 1 unspecified atom stereocenters. The van der Waals surface area contributed by atoms with Crippen LogP contribution in [0.25, 0.3) is 11.6 Å². The van der Waals surface area contributed by atoms with E-state index in [-0.39, 0.29) is 17.7 Å². The lowest BCUT2D eigenvalue weighted by atomic mass is 10.0. The number of hydrogen-bond donors (Lipinski definition) is 1. The van der Waals surface area contributed by atoms with E-state index in [4.69, 9.17) is 9.52 Å². The summed E-state index contributed by atoms with van der Waals surface area (Å²) in [5.41, 5.74) is 4.15. The predicted octanol–water partition coefficient (Wildman–Crippen LogP) is 2.76. The van der Waals surface area contributed by atoms with Gasteiger partial charge in [0.25, 0.3) is 5.89 Å².